The van der Waals surface area contributed by atoms with Gasteiger partial charge < -0.3 is 5.32 Å². The van der Waals surface area contributed by atoms with Gasteiger partial charge in [-0.05, 0) is 36.6 Å². The molecule has 78 valence electrons. The summed E-state index contributed by atoms with van der Waals surface area (Å²) in [6, 6.07) is 6.03. The van der Waals surface area contributed by atoms with Crippen molar-refractivity contribution in [1.29, 1.82) is 0 Å². The van der Waals surface area contributed by atoms with E-state index in [2.05, 4.69) is 27.3 Å². The molecule has 3 heteroatoms. The normalized spacial score (nSPS) is 22.3. The molecule has 1 aromatic carbocycles. The first-order valence-electron chi connectivity index (χ1n) is 5.25. The first kappa shape index (κ1) is 9.55. The minimum absolute atomic E-state index is 0.223. The van der Waals surface area contributed by atoms with Crippen molar-refractivity contribution < 1.29 is 4.79 Å². The summed E-state index contributed by atoms with van der Waals surface area (Å²) in [6.07, 6.45) is 2.41. The molecule has 0 aromatic heterocycles. The number of Topliss-reactive ketones (excluding diaryl/α,β-unsaturated/α-hetero) is 1. The molecule has 0 amide bonds. The summed E-state index contributed by atoms with van der Waals surface area (Å²) < 4.78 is 1.07. The molecule has 0 atom stereocenters. The number of fused-ring (bicyclic) bond motifs is 2. The molecule has 1 spiro atoms. The Hall–Kier alpha value is -0.670. The van der Waals surface area contributed by atoms with Crippen molar-refractivity contribution in [3.05, 3.63) is 33.8 Å². The van der Waals surface area contributed by atoms with Crippen molar-refractivity contribution in [2.45, 2.75) is 18.3 Å². The van der Waals surface area contributed by atoms with Crippen LogP contribution in [0.15, 0.2) is 22.7 Å². The van der Waals surface area contributed by atoms with Crippen molar-refractivity contribution in [3.8, 4) is 0 Å². The van der Waals surface area contributed by atoms with E-state index < -0.39 is 0 Å². The highest BCUT2D eigenvalue weighted by molar-refractivity contribution is 9.10. The van der Waals surface area contributed by atoms with Gasteiger partial charge in [0.2, 0.25) is 0 Å². The summed E-state index contributed by atoms with van der Waals surface area (Å²) in [5.41, 5.74) is 2.42. The van der Waals surface area contributed by atoms with Crippen molar-refractivity contribution in [2.24, 2.45) is 0 Å². The lowest BCUT2D eigenvalue weighted by Crippen LogP contribution is -2.26. The predicted octanol–water partition coefficient (Wildman–Crippen LogP) is 2.27. The van der Waals surface area contributed by atoms with Crippen LogP contribution in [0.4, 0.5) is 0 Å². The summed E-state index contributed by atoms with van der Waals surface area (Å²) in [4.78, 5) is 11.9. The Bertz CT molecular complexity index is 437. The zero-order valence-corrected chi connectivity index (χ0v) is 9.93. The largest absolute Gasteiger partial charge is 0.309 e. The van der Waals surface area contributed by atoms with Gasteiger partial charge in [0.05, 0.1) is 6.54 Å². The number of hydrogen-bond donors (Lipinski definition) is 1. The van der Waals surface area contributed by atoms with Crippen LogP contribution >= 0.6 is 15.9 Å². The van der Waals surface area contributed by atoms with E-state index in [1.54, 1.807) is 0 Å². The van der Waals surface area contributed by atoms with E-state index in [9.17, 15) is 4.79 Å². The van der Waals surface area contributed by atoms with Crippen LogP contribution in [0.2, 0.25) is 0 Å². The maximum atomic E-state index is 11.9. The average molecular weight is 266 g/mol. The van der Waals surface area contributed by atoms with Crippen LogP contribution in [0.3, 0.4) is 0 Å². The van der Waals surface area contributed by atoms with Gasteiger partial charge in [0.25, 0.3) is 0 Å². The van der Waals surface area contributed by atoms with Gasteiger partial charge in [0.15, 0.2) is 5.78 Å². The zero-order valence-electron chi connectivity index (χ0n) is 8.35. The van der Waals surface area contributed by atoms with Gasteiger partial charge in [-0.3, -0.25) is 4.79 Å². The second-order valence-electron chi connectivity index (χ2n) is 4.50. The first-order chi connectivity index (χ1) is 7.21. The lowest BCUT2D eigenvalue weighted by atomic mass is 9.91. The number of halogens is 1. The second kappa shape index (κ2) is 3.16. The number of nitrogens with one attached hydrogen (secondary N) is 1. The molecule has 1 N–H and O–H groups in total. The van der Waals surface area contributed by atoms with Gasteiger partial charge in [0, 0.05) is 22.0 Å². The Morgan fingerprint density at radius 1 is 1.33 bits per heavy atom. The molecule has 0 unspecified atom stereocenters. The number of ketones is 1. The summed E-state index contributed by atoms with van der Waals surface area (Å²) in [5, 5.41) is 3.25. The molecule has 2 nitrogen and oxygen atoms in total. The standard InChI is InChI=1S/C12H12BrNO/c13-8-1-2-9-10(5-8)12(3-4-12)7-14-6-11(9)15/h1-2,5,14H,3-4,6-7H2. The molecular formula is C12H12BrNO. The molecule has 0 bridgehead atoms. The van der Waals surface area contributed by atoms with Gasteiger partial charge in [-0.1, -0.05) is 15.9 Å². The van der Waals surface area contributed by atoms with Crippen LogP contribution in [-0.4, -0.2) is 18.9 Å². The minimum atomic E-state index is 0.223. The average Bonchev–Trinajstić information content (AvgIpc) is 2.99. The van der Waals surface area contributed by atoms with Crippen molar-refractivity contribution in [1.82, 2.24) is 5.32 Å². The van der Waals surface area contributed by atoms with Gasteiger partial charge in [-0.15, -0.1) is 0 Å². The number of benzene rings is 1. The van der Waals surface area contributed by atoms with Crippen LogP contribution in [0, 0.1) is 0 Å². The number of rotatable bonds is 0. The van der Waals surface area contributed by atoms with E-state index in [0.29, 0.717) is 6.54 Å². The first-order valence-corrected chi connectivity index (χ1v) is 6.05. The maximum Gasteiger partial charge on any atom is 0.176 e. The topological polar surface area (TPSA) is 29.1 Å². The van der Waals surface area contributed by atoms with Crippen LogP contribution in [0.5, 0.6) is 0 Å². The highest BCUT2D eigenvalue weighted by atomic mass is 79.9. The zero-order chi connectivity index (χ0) is 10.5. The summed E-state index contributed by atoms with van der Waals surface area (Å²) >= 11 is 3.48. The number of hydrogen-bond acceptors (Lipinski definition) is 2. The molecule has 2 aliphatic rings. The van der Waals surface area contributed by atoms with Crippen LogP contribution in [0.1, 0.15) is 28.8 Å². The third kappa shape index (κ3) is 1.45. The van der Waals surface area contributed by atoms with Crippen LogP contribution in [0.25, 0.3) is 0 Å². The fraction of sp³-hybridized carbons (Fsp3) is 0.417. The van der Waals surface area contributed by atoms with Gasteiger partial charge in [-0.2, -0.15) is 0 Å². The summed E-state index contributed by atoms with van der Waals surface area (Å²) in [5.74, 6) is 0.223. The van der Waals surface area contributed by atoms with E-state index in [0.717, 1.165) is 16.6 Å². The predicted molar refractivity (Wildman–Crippen MR) is 62.3 cm³/mol. The monoisotopic (exact) mass is 265 g/mol. The number of carbonyl (C=O) groups excluding carboxylic acids is 1. The van der Waals surface area contributed by atoms with E-state index in [4.69, 9.17) is 0 Å². The number of carbonyl (C=O) groups is 1. The summed E-state index contributed by atoms with van der Waals surface area (Å²) in [6.45, 7) is 1.43. The quantitative estimate of drug-likeness (QED) is 0.780. The van der Waals surface area contributed by atoms with Crippen molar-refractivity contribution in [3.63, 3.8) is 0 Å². The SMILES string of the molecule is O=C1CNCC2(CC2)c2cc(Br)ccc21. The van der Waals surface area contributed by atoms with Crippen molar-refractivity contribution >= 4 is 21.7 Å². The van der Waals surface area contributed by atoms with E-state index >= 15 is 0 Å². The van der Waals surface area contributed by atoms with Gasteiger partial charge in [-0.25, -0.2) is 0 Å². The molecular weight excluding hydrogens is 254 g/mol. The minimum Gasteiger partial charge on any atom is -0.309 e. The molecule has 1 aliphatic heterocycles. The van der Waals surface area contributed by atoms with E-state index in [1.165, 1.54) is 18.4 Å². The van der Waals surface area contributed by atoms with Gasteiger partial charge in [0.1, 0.15) is 0 Å². The molecule has 1 heterocycles. The third-order valence-corrected chi connectivity index (χ3v) is 3.95. The molecule has 1 fully saturated rings. The van der Waals surface area contributed by atoms with E-state index in [-0.39, 0.29) is 11.2 Å². The molecule has 1 aromatic rings. The molecule has 3 rings (SSSR count). The molecule has 1 saturated carbocycles. The second-order valence-corrected chi connectivity index (χ2v) is 5.41. The lowest BCUT2D eigenvalue weighted by Gasteiger charge is -2.15. The fourth-order valence-electron chi connectivity index (χ4n) is 2.40. The smallest absolute Gasteiger partial charge is 0.176 e. The van der Waals surface area contributed by atoms with Crippen LogP contribution < -0.4 is 5.32 Å². The molecule has 1 aliphatic carbocycles. The highest BCUT2D eigenvalue weighted by Crippen LogP contribution is 2.50. The molecule has 0 radical (unpaired) electrons. The Balaban J connectivity index is 2.20. The van der Waals surface area contributed by atoms with Crippen LogP contribution in [-0.2, 0) is 5.41 Å². The molecule has 0 saturated heterocycles. The molecule has 15 heavy (non-hydrogen) atoms. The Morgan fingerprint density at radius 2 is 2.13 bits per heavy atom. The Morgan fingerprint density at radius 3 is 2.87 bits per heavy atom. The Labute approximate surface area is 97.2 Å². The summed E-state index contributed by atoms with van der Waals surface area (Å²) in [7, 11) is 0. The lowest BCUT2D eigenvalue weighted by molar-refractivity contribution is 0.0994. The fourth-order valence-corrected chi connectivity index (χ4v) is 2.76. The third-order valence-electron chi connectivity index (χ3n) is 3.46. The Kier molecular flexibility index (Phi) is 2.01. The maximum absolute atomic E-state index is 11.9. The van der Waals surface area contributed by atoms with Crippen molar-refractivity contribution in [2.75, 3.05) is 13.1 Å². The van der Waals surface area contributed by atoms with Gasteiger partial charge >= 0.3 is 0 Å². The van der Waals surface area contributed by atoms with E-state index in [1.807, 2.05) is 12.1 Å². The highest BCUT2D eigenvalue weighted by Gasteiger charge is 2.47.